The Balaban J connectivity index is 2.82. The highest BCUT2D eigenvalue weighted by Crippen LogP contribution is 2.10. The molecule has 0 bridgehead atoms. The van der Waals surface area contributed by atoms with Gasteiger partial charge in [-0.2, -0.15) is 0 Å². The third kappa shape index (κ3) is 10.2. The fourth-order valence-corrected chi connectivity index (χ4v) is 1.42. The van der Waals surface area contributed by atoms with Crippen LogP contribution in [0.4, 0.5) is 0 Å². The zero-order chi connectivity index (χ0) is 9.23. The van der Waals surface area contributed by atoms with Gasteiger partial charge in [-0.15, -0.1) is 0 Å². The van der Waals surface area contributed by atoms with Gasteiger partial charge >= 0.3 is 0 Å². The summed E-state index contributed by atoms with van der Waals surface area (Å²) in [6, 6.07) is 0. The lowest BCUT2D eigenvalue weighted by Gasteiger charge is -2.01. The first-order chi connectivity index (χ1) is 5.77. The van der Waals surface area contributed by atoms with Gasteiger partial charge < -0.3 is 5.11 Å². The molecule has 0 saturated carbocycles. The van der Waals surface area contributed by atoms with Crippen molar-refractivity contribution in [1.82, 2.24) is 0 Å². The van der Waals surface area contributed by atoms with Crippen molar-refractivity contribution in [3.05, 3.63) is 0 Å². The number of rotatable bonds is 8. The topological polar surface area (TPSA) is 20.2 Å². The Labute approximate surface area is 81.1 Å². The Kier molecular flexibility index (Phi) is 9.53. The predicted octanol–water partition coefficient (Wildman–Crippen LogP) is 3.68. The van der Waals surface area contributed by atoms with Crippen molar-refractivity contribution in [3.63, 3.8) is 0 Å². The summed E-state index contributed by atoms with van der Waals surface area (Å²) in [6.45, 7) is 2.23. The smallest absolute Gasteiger partial charge is 0.128 e. The van der Waals surface area contributed by atoms with Crippen molar-refractivity contribution in [3.8, 4) is 0 Å². The van der Waals surface area contributed by atoms with Crippen LogP contribution in [-0.4, -0.2) is 10.7 Å². The first-order valence-electron chi connectivity index (χ1n) is 5.09. The molecule has 0 saturated heterocycles. The van der Waals surface area contributed by atoms with Gasteiger partial charge in [0.15, 0.2) is 0 Å². The molecule has 0 aliphatic carbocycles. The minimum absolute atomic E-state index is 0.624. The second-order valence-electron chi connectivity index (χ2n) is 3.34. The Morgan fingerprint density at radius 3 is 2.00 bits per heavy atom. The maximum Gasteiger partial charge on any atom is 0.128 e. The number of hydrogen-bond acceptors (Lipinski definition) is 1. The van der Waals surface area contributed by atoms with Gasteiger partial charge in [0, 0.05) is 0 Å². The maximum atomic E-state index is 8.76. The first kappa shape index (κ1) is 12.2. The van der Waals surface area contributed by atoms with Crippen LogP contribution in [0.5, 0.6) is 0 Å². The quantitative estimate of drug-likeness (QED) is 0.460. The van der Waals surface area contributed by atoms with Crippen LogP contribution in [0, 0.1) is 0 Å². The molecule has 74 valence electrons. The van der Waals surface area contributed by atoms with Gasteiger partial charge in [0.2, 0.25) is 0 Å². The molecule has 0 rings (SSSR count). The molecule has 2 heteroatoms. The van der Waals surface area contributed by atoms with Crippen molar-refractivity contribution in [1.29, 1.82) is 0 Å². The minimum atomic E-state index is -0.624. The summed E-state index contributed by atoms with van der Waals surface area (Å²) in [6.07, 6.45) is 9.69. The normalized spacial score (nSPS) is 13.2. The van der Waals surface area contributed by atoms with Gasteiger partial charge in [-0.3, -0.25) is 0 Å². The van der Waals surface area contributed by atoms with Crippen molar-refractivity contribution in [2.45, 2.75) is 63.9 Å². The SMILES string of the molecule is CCCCCCCCCC(O)Cl. The van der Waals surface area contributed by atoms with Crippen molar-refractivity contribution < 1.29 is 5.11 Å². The number of aliphatic hydroxyl groups excluding tert-OH is 1. The van der Waals surface area contributed by atoms with E-state index >= 15 is 0 Å². The highest BCUT2D eigenvalue weighted by atomic mass is 35.5. The van der Waals surface area contributed by atoms with E-state index in [4.69, 9.17) is 16.7 Å². The molecular weight excluding hydrogens is 172 g/mol. The van der Waals surface area contributed by atoms with Gasteiger partial charge in [-0.25, -0.2) is 0 Å². The number of halogens is 1. The summed E-state index contributed by atoms with van der Waals surface area (Å²) in [7, 11) is 0. The maximum absolute atomic E-state index is 8.76. The monoisotopic (exact) mass is 192 g/mol. The molecule has 0 aliphatic rings. The molecule has 0 aromatic heterocycles. The van der Waals surface area contributed by atoms with Crippen LogP contribution in [0.3, 0.4) is 0 Å². The minimum Gasteiger partial charge on any atom is -0.378 e. The molecule has 12 heavy (non-hydrogen) atoms. The number of alkyl halides is 1. The van der Waals surface area contributed by atoms with Crippen LogP contribution in [0.2, 0.25) is 0 Å². The fourth-order valence-electron chi connectivity index (χ4n) is 1.27. The van der Waals surface area contributed by atoms with E-state index in [1.54, 1.807) is 0 Å². The number of hydrogen-bond donors (Lipinski definition) is 1. The third-order valence-electron chi connectivity index (χ3n) is 2.05. The zero-order valence-electron chi connectivity index (χ0n) is 8.06. The molecule has 1 atom stereocenters. The molecular formula is C10H21ClO. The average Bonchev–Trinajstić information content (AvgIpc) is 2.02. The average molecular weight is 193 g/mol. The molecule has 0 radical (unpaired) electrons. The largest absolute Gasteiger partial charge is 0.378 e. The second-order valence-corrected chi connectivity index (χ2v) is 3.85. The zero-order valence-corrected chi connectivity index (χ0v) is 8.82. The summed E-state index contributed by atoms with van der Waals surface area (Å²) in [5, 5.41) is 8.76. The molecule has 0 aromatic carbocycles. The Bertz CT molecular complexity index is 83.9. The molecule has 0 heterocycles. The van der Waals surface area contributed by atoms with Gasteiger partial charge in [-0.05, 0) is 12.8 Å². The highest BCUT2D eigenvalue weighted by Gasteiger charge is 1.96. The van der Waals surface area contributed by atoms with E-state index in [-0.39, 0.29) is 0 Å². The van der Waals surface area contributed by atoms with Crippen LogP contribution < -0.4 is 0 Å². The summed E-state index contributed by atoms with van der Waals surface area (Å²) < 4.78 is 0. The summed E-state index contributed by atoms with van der Waals surface area (Å²) in [5.74, 6) is 0. The van der Waals surface area contributed by atoms with Crippen LogP contribution in [0.25, 0.3) is 0 Å². The van der Waals surface area contributed by atoms with Crippen LogP contribution in [-0.2, 0) is 0 Å². The molecule has 1 nitrogen and oxygen atoms in total. The molecule has 1 unspecified atom stereocenters. The van der Waals surface area contributed by atoms with Crippen LogP contribution in [0.15, 0.2) is 0 Å². The fraction of sp³-hybridized carbons (Fsp3) is 1.00. The molecule has 0 spiro atoms. The van der Waals surface area contributed by atoms with E-state index in [2.05, 4.69) is 6.92 Å². The van der Waals surface area contributed by atoms with Crippen molar-refractivity contribution in [2.24, 2.45) is 0 Å². The molecule has 0 aromatic rings. The molecule has 0 fully saturated rings. The van der Waals surface area contributed by atoms with Crippen molar-refractivity contribution in [2.75, 3.05) is 0 Å². The Hall–Kier alpha value is 0.250. The van der Waals surface area contributed by atoms with Gasteiger partial charge in [0.25, 0.3) is 0 Å². The van der Waals surface area contributed by atoms with E-state index in [1.807, 2.05) is 0 Å². The van der Waals surface area contributed by atoms with Crippen molar-refractivity contribution >= 4 is 11.6 Å². The molecule has 1 N–H and O–H groups in total. The lowest BCUT2D eigenvalue weighted by molar-refractivity contribution is 0.240. The summed E-state index contributed by atoms with van der Waals surface area (Å²) >= 11 is 5.40. The first-order valence-corrected chi connectivity index (χ1v) is 5.53. The summed E-state index contributed by atoms with van der Waals surface area (Å²) in [5.41, 5.74) is -0.624. The number of unbranched alkanes of at least 4 members (excludes halogenated alkanes) is 6. The van der Waals surface area contributed by atoms with Crippen LogP contribution >= 0.6 is 11.6 Å². The summed E-state index contributed by atoms with van der Waals surface area (Å²) in [4.78, 5) is 0. The van der Waals surface area contributed by atoms with Gasteiger partial charge in [0.1, 0.15) is 5.56 Å². The molecule has 0 amide bonds. The predicted molar refractivity (Wildman–Crippen MR) is 54.5 cm³/mol. The third-order valence-corrected chi connectivity index (χ3v) is 2.26. The standard InChI is InChI=1S/C10H21ClO/c1-2-3-4-5-6-7-8-9-10(11)12/h10,12H,2-9H2,1H3. The van der Waals surface area contributed by atoms with E-state index in [9.17, 15) is 0 Å². The Morgan fingerprint density at radius 2 is 1.50 bits per heavy atom. The van der Waals surface area contributed by atoms with E-state index in [0.717, 1.165) is 12.8 Å². The van der Waals surface area contributed by atoms with E-state index < -0.39 is 5.56 Å². The lowest BCUT2D eigenvalue weighted by Crippen LogP contribution is -1.94. The van der Waals surface area contributed by atoms with Gasteiger partial charge in [0.05, 0.1) is 0 Å². The van der Waals surface area contributed by atoms with E-state index in [1.165, 1.54) is 38.5 Å². The number of aliphatic hydroxyl groups is 1. The van der Waals surface area contributed by atoms with E-state index in [0.29, 0.717) is 0 Å². The highest BCUT2D eigenvalue weighted by molar-refractivity contribution is 6.19. The van der Waals surface area contributed by atoms with Gasteiger partial charge in [-0.1, -0.05) is 57.0 Å². The Morgan fingerprint density at radius 1 is 1.00 bits per heavy atom. The molecule has 0 aliphatic heterocycles. The lowest BCUT2D eigenvalue weighted by atomic mass is 10.1. The second kappa shape index (κ2) is 9.34. The van der Waals surface area contributed by atoms with Crippen LogP contribution in [0.1, 0.15) is 58.3 Å².